The van der Waals surface area contributed by atoms with E-state index in [2.05, 4.69) is 20.9 Å². The molecule has 1 aromatic carbocycles. The standard InChI is InChI=1S/C14H13BrFNOS/c15-13-12(10-3-1-2-4-11(10)16)17-14(19-13)9-5-7-18-8-6-9/h1-4,9H,5-8H2. The molecule has 0 amide bonds. The molecule has 1 aliphatic rings. The summed E-state index contributed by atoms with van der Waals surface area (Å²) >= 11 is 5.12. The zero-order valence-corrected chi connectivity index (χ0v) is 12.6. The number of nitrogens with zero attached hydrogens (tertiary/aromatic N) is 1. The first-order valence-electron chi connectivity index (χ1n) is 6.24. The van der Waals surface area contributed by atoms with Gasteiger partial charge in [0.1, 0.15) is 5.82 Å². The van der Waals surface area contributed by atoms with Gasteiger partial charge in [-0.05, 0) is 40.9 Å². The Labute approximate surface area is 123 Å². The molecule has 100 valence electrons. The third-order valence-corrected chi connectivity index (χ3v) is 5.17. The molecule has 2 aromatic rings. The first kappa shape index (κ1) is 13.2. The molecule has 1 saturated heterocycles. The minimum Gasteiger partial charge on any atom is -0.381 e. The van der Waals surface area contributed by atoms with Crippen LogP contribution in [0.25, 0.3) is 11.3 Å². The zero-order valence-electron chi connectivity index (χ0n) is 10.2. The molecule has 0 radical (unpaired) electrons. The van der Waals surface area contributed by atoms with Crippen molar-refractivity contribution < 1.29 is 9.13 Å². The summed E-state index contributed by atoms with van der Waals surface area (Å²) in [6, 6.07) is 6.76. The lowest BCUT2D eigenvalue weighted by Crippen LogP contribution is -2.13. The van der Waals surface area contributed by atoms with Crippen molar-refractivity contribution in [1.82, 2.24) is 4.98 Å². The second-order valence-corrected chi connectivity index (χ2v) is 6.89. The van der Waals surface area contributed by atoms with Gasteiger partial charge in [0, 0.05) is 24.7 Å². The maximum absolute atomic E-state index is 13.8. The van der Waals surface area contributed by atoms with Crippen molar-refractivity contribution in [2.24, 2.45) is 0 Å². The van der Waals surface area contributed by atoms with E-state index in [4.69, 9.17) is 4.74 Å². The molecule has 1 fully saturated rings. The van der Waals surface area contributed by atoms with Crippen LogP contribution >= 0.6 is 27.3 Å². The summed E-state index contributed by atoms with van der Waals surface area (Å²) in [4.78, 5) is 4.64. The van der Waals surface area contributed by atoms with Crippen LogP contribution in [0.1, 0.15) is 23.8 Å². The van der Waals surface area contributed by atoms with E-state index in [1.165, 1.54) is 6.07 Å². The SMILES string of the molecule is Fc1ccccc1-c1nc(C2CCOCC2)sc1Br. The summed E-state index contributed by atoms with van der Waals surface area (Å²) in [6.45, 7) is 1.58. The smallest absolute Gasteiger partial charge is 0.132 e. The lowest BCUT2D eigenvalue weighted by atomic mass is 10.0. The van der Waals surface area contributed by atoms with Crippen molar-refractivity contribution in [2.45, 2.75) is 18.8 Å². The Morgan fingerprint density at radius 2 is 2.00 bits per heavy atom. The van der Waals surface area contributed by atoms with E-state index >= 15 is 0 Å². The number of rotatable bonds is 2. The average molecular weight is 342 g/mol. The van der Waals surface area contributed by atoms with Crippen LogP contribution in [0.3, 0.4) is 0 Å². The predicted octanol–water partition coefficient (Wildman–Crippen LogP) is 4.61. The highest BCUT2D eigenvalue weighted by molar-refractivity contribution is 9.11. The van der Waals surface area contributed by atoms with Gasteiger partial charge in [-0.15, -0.1) is 11.3 Å². The number of aromatic nitrogens is 1. The first-order chi connectivity index (χ1) is 9.25. The van der Waals surface area contributed by atoms with E-state index in [9.17, 15) is 4.39 Å². The van der Waals surface area contributed by atoms with Crippen molar-refractivity contribution in [3.8, 4) is 11.3 Å². The molecule has 5 heteroatoms. The van der Waals surface area contributed by atoms with E-state index < -0.39 is 0 Å². The Kier molecular flexibility index (Phi) is 3.96. The fourth-order valence-electron chi connectivity index (χ4n) is 2.26. The van der Waals surface area contributed by atoms with Gasteiger partial charge in [0.25, 0.3) is 0 Å². The summed E-state index contributed by atoms with van der Waals surface area (Å²) in [5.74, 6) is 0.211. The van der Waals surface area contributed by atoms with E-state index in [0.29, 0.717) is 17.2 Å². The minimum atomic E-state index is -0.230. The normalized spacial score (nSPS) is 16.7. The third kappa shape index (κ3) is 2.73. The molecule has 1 aromatic heterocycles. The molecule has 0 aliphatic carbocycles. The number of halogens is 2. The highest BCUT2D eigenvalue weighted by Crippen LogP contribution is 2.39. The van der Waals surface area contributed by atoms with Crippen molar-refractivity contribution >= 4 is 27.3 Å². The largest absolute Gasteiger partial charge is 0.381 e. The molecular formula is C14H13BrFNOS. The molecule has 2 nitrogen and oxygen atoms in total. The number of ether oxygens (including phenoxy) is 1. The average Bonchev–Trinajstić information content (AvgIpc) is 2.82. The number of hydrogen-bond donors (Lipinski definition) is 0. The summed E-state index contributed by atoms with van der Waals surface area (Å²) in [5.41, 5.74) is 1.27. The summed E-state index contributed by atoms with van der Waals surface area (Å²) in [6.07, 6.45) is 1.99. The molecular weight excluding hydrogens is 329 g/mol. The zero-order chi connectivity index (χ0) is 13.2. The summed E-state index contributed by atoms with van der Waals surface area (Å²) < 4.78 is 20.1. The van der Waals surface area contributed by atoms with Gasteiger partial charge in [-0.25, -0.2) is 9.37 Å². The summed E-state index contributed by atoms with van der Waals surface area (Å²) in [7, 11) is 0. The van der Waals surface area contributed by atoms with Crippen LogP contribution in [0.4, 0.5) is 4.39 Å². The number of hydrogen-bond acceptors (Lipinski definition) is 3. The molecule has 19 heavy (non-hydrogen) atoms. The van der Waals surface area contributed by atoms with Crippen LogP contribution in [0.2, 0.25) is 0 Å². The minimum absolute atomic E-state index is 0.230. The van der Waals surface area contributed by atoms with Gasteiger partial charge in [0.15, 0.2) is 0 Å². The molecule has 1 aliphatic heterocycles. The van der Waals surface area contributed by atoms with Crippen LogP contribution in [-0.4, -0.2) is 18.2 Å². The molecule has 0 N–H and O–H groups in total. The monoisotopic (exact) mass is 341 g/mol. The topological polar surface area (TPSA) is 22.1 Å². The van der Waals surface area contributed by atoms with Gasteiger partial charge in [-0.1, -0.05) is 12.1 Å². The van der Waals surface area contributed by atoms with Gasteiger partial charge in [0.05, 0.1) is 14.5 Å². The molecule has 0 bridgehead atoms. The third-order valence-electron chi connectivity index (χ3n) is 3.30. The first-order valence-corrected chi connectivity index (χ1v) is 7.85. The Bertz CT molecular complexity index is 581. The van der Waals surface area contributed by atoms with E-state index in [-0.39, 0.29) is 5.82 Å². The molecule has 0 atom stereocenters. The van der Waals surface area contributed by atoms with Crippen LogP contribution in [0, 0.1) is 5.82 Å². The summed E-state index contributed by atoms with van der Waals surface area (Å²) in [5, 5.41) is 1.08. The van der Waals surface area contributed by atoms with Crippen LogP contribution in [-0.2, 0) is 4.74 Å². The van der Waals surface area contributed by atoms with Crippen LogP contribution < -0.4 is 0 Å². The lowest BCUT2D eigenvalue weighted by Gasteiger charge is -2.19. The Morgan fingerprint density at radius 3 is 2.74 bits per heavy atom. The highest BCUT2D eigenvalue weighted by atomic mass is 79.9. The second kappa shape index (κ2) is 5.69. The van der Waals surface area contributed by atoms with E-state index in [0.717, 1.165) is 34.8 Å². The number of thiazole rings is 1. The van der Waals surface area contributed by atoms with Crippen molar-refractivity contribution in [3.05, 3.63) is 38.9 Å². The molecule has 2 heterocycles. The van der Waals surface area contributed by atoms with E-state index in [1.54, 1.807) is 23.5 Å². The maximum atomic E-state index is 13.8. The van der Waals surface area contributed by atoms with E-state index in [1.807, 2.05) is 6.07 Å². The second-order valence-electron chi connectivity index (χ2n) is 4.54. The predicted molar refractivity (Wildman–Crippen MR) is 78.0 cm³/mol. The fourth-order valence-corrected chi connectivity index (χ4v) is 4.03. The van der Waals surface area contributed by atoms with Gasteiger partial charge in [-0.3, -0.25) is 0 Å². The molecule has 0 spiro atoms. The van der Waals surface area contributed by atoms with Gasteiger partial charge in [0.2, 0.25) is 0 Å². The molecule has 3 rings (SSSR count). The highest BCUT2D eigenvalue weighted by Gasteiger charge is 2.22. The van der Waals surface area contributed by atoms with Gasteiger partial charge >= 0.3 is 0 Å². The maximum Gasteiger partial charge on any atom is 0.132 e. The Balaban J connectivity index is 1.95. The van der Waals surface area contributed by atoms with Crippen molar-refractivity contribution in [1.29, 1.82) is 0 Å². The fraction of sp³-hybridized carbons (Fsp3) is 0.357. The van der Waals surface area contributed by atoms with Crippen LogP contribution in [0.15, 0.2) is 28.1 Å². The Hall–Kier alpha value is -0.780. The van der Waals surface area contributed by atoms with Gasteiger partial charge < -0.3 is 4.74 Å². The number of benzene rings is 1. The van der Waals surface area contributed by atoms with Crippen molar-refractivity contribution in [3.63, 3.8) is 0 Å². The van der Waals surface area contributed by atoms with Gasteiger partial charge in [-0.2, -0.15) is 0 Å². The lowest BCUT2D eigenvalue weighted by molar-refractivity contribution is 0.0853. The quantitative estimate of drug-likeness (QED) is 0.795. The molecule has 0 saturated carbocycles. The molecule has 0 unspecified atom stereocenters. The van der Waals surface area contributed by atoms with Crippen molar-refractivity contribution in [2.75, 3.05) is 13.2 Å². The van der Waals surface area contributed by atoms with Crippen LogP contribution in [0.5, 0.6) is 0 Å². The Morgan fingerprint density at radius 1 is 1.26 bits per heavy atom.